The zero-order valence-electron chi connectivity index (χ0n) is 12.9. The molecule has 0 fully saturated rings. The summed E-state index contributed by atoms with van der Waals surface area (Å²) in [6.45, 7) is 2.10. The van der Waals surface area contributed by atoms with Gasteiger partial charge < -0.3 is 5.32 Å². The van der Waals surface area contributed by atoms with Gasteiger partial charge >= 0.3 is 0 Å². The van der Waals surface area contributed by atoms with E-state index in [-0.39, 0.29) is 6.04 Å². The van der Waals surface area contributed by atoms with Crippen LogP contribution in [0, 0.1) is 6.92 Å². The van der Waals surface area contributed by atoms with Crippen LogP contribution in [-0.4, -0.2) is 19.7 Å². The molecule has 0 radical (unpaired) electrons. The van der Waals surface area contributed by atoms with Gasteiger partial charge in [-0.25, -0.2) is 9.97 Å². The van der Waals surface area contributed by atoms with E-state index in [4.69, 9.17) is 0 Å². The molecule has 0 saturated heterocycles. The number of rotatable bonds is 2. The predicted molar refractivity (Wildman–Crippen MR) is 86.8 cm³/mol. The lowest BCUT2D eigenvalue weighted by Crippen LogP contribution is -2.17. The molecule has 22 heavy (non-hydrogen) atoms. The number of benzene rings is 1. The first-order valence-electron chi connectivity index (χ1n) is 7.71. The third kappa shape index (κ3) is 2.13. The van der Waals surface area contributed by atoms with E-state index in [9.17, 15) is 0 Å². The van der Waals surface area contributed by atoms with E-state index in [2.05, 4.69) is 39.6 Å². The molecule has 3 aromatic rings. The minimum Gasteiger partial charge on any atom is -0.363 e. The topological polar surface area (TPSA) is 55.6 Å². The zero-order valence-corrected chi connectivity index (χ0v) is 12.9. The highest BCUT2D eigenvalue weighted by Crippen LogP contribution is 2.33. The van der Waals surface area contributed by atoms with Gasteiger partial charge in [-0.1, -0.05) is 12.1 Å². The Morgan fingerprint density at radius 3 is 3.09 bits per heavy atom. The van der Waals surface area contributed by atoms with Crippen molar-refractivity contribution in [1.29, 1.82) is 0 Å². The summed E-state index contributed by atoms with van der Waals surface area (Å²) in [5.41, 5.74) is 4.69. The van der Waals surface area contributed by atoms with Gasteiger partial charge in [0.25, 0.3) is 0 Å². The van der Waals surface area contributed by atoms with Gasteiger partial charge in [-0.15, -0.1) is 0 Å². The number of anilines is 1. The zero-order chi connectivity index (χ0) is 15.1. The van der Waals surface area contributed by atoms with E-state index in [0.717, 1.165) is 36.0 Å². The van der Waals surface area contributed by atoms with Crippen LogP contribution in [0.2, 0.25) is 0 Å². The van der Waals surface area contributed by atoms with E-state index in [1.165, 1.54) is 16.8 Å². The van der Waals surface area contributed by atoms with Gasteiger partial charge in [0.05, 0.1) is 17.3 Å². The number of hydrogen-bond donors (Lipinski definition) is 1. The number of aromatic nitrogens is 4. The van der Waals surface area contributed by atoms with Gasteiger partial charge in [-0.3, -0.25) is 4.68 Å². The number of nitrogens with one attached hydrogen (secondary N) is 1. The molecule has 2 heterocycles. The normalized spacial score (nSPS) is 17.5. The Hall–Kier alpha value is -2.43. The fraction of sp³-hybridized carbons (Fsp3) is 0.353. The van der Waals surface area contributed by atoms with E-state index in [0.29, 0.717) is 0 Å². The second-order valence-electron chi connectivity index (χ2n) is 5.99. The molecule has 2 aromatic heterocycles. The summed E-state index contributed by atoms with van der Waals surface area (Å²) in [5.74, 6) is 0.921. The Labute approximate surface area is 129 Å². The number of fused-ring (bicyclic) bond motifs is 2. The molecule has 1 atom stereocenters. The van der Waals surface area contributed by atoms with Crippen molar-refractivity contribution in [3.63, 3.8) is 0 Å². The molecule has 0 unspecified atom stereocenters. The van der Waals surface area contributed by atoms with Gasteiger partial charge in [-0.05, 0) is 37.8 Å². The van der Waals surface area contributed by atoms with Crippen LogP contribution in [0.3, 0.4) is 0 Å². The lowest BCUT2D eigenvalue weighted by atomic mass is 9.93. The number of aryl methyl sites for hydroxylation is 3. The van der Waals surface area contributed by atoms with Gasteiger partial charge in [0.15, 0.2) is 0 Å². The molecular weight excluding hydrogens is 274 g/mol. The number of hydrogen-bond acceptors (Lipinski definition) is 4. The Kier molecular flexibility index (Phi) is 3.06. The molecule has 112 valence electrons. The van der Waals surface area contributed by atoms with Crippen LogP contribution in [-0.2, 0) is 13.5 Å². The van der Waals surface area contributed by atoms with Crippen molar-refractivity contribution in [3.05, 3.63) is 47.5 Å². The second-order valence-corrected chi connectivity index (χ2v) is 5.99. The Balaban J connectivity index is 1.76. The fourth-order valence-corrected chi connectivity index (χ4v) is 3.37. The van der Waals surface area contributed by atoms with Crippen LogP contribution in [0.25, 0.3) is 10.9 Å². The van der Waals surface area contributed by atoms with E-state index in [1.54, 1.807) is 6.33 Å². The molecule has 5 nitrogen and oxygen atoms in total. The van der Waals surface area contributed by atoms with Crippen molar-refractivity contribution < 1.29 is 0 Å². The van der Waals surface area contributed by atoms with Crippen molar-refractivity contribution >= 4 is 16.7 Å². The van der Waals surface area contributed by atoms with Crippen LogP contribution >= 0.6 is 0 Å². The van der Waals surface area contributed by atoms with Gasteiger partial charge in [0.1, 0.15) is 12.1 Å². The third-order valence-corrected chi connectivity index (χ3v) is 4.40. The molecule has 0 spiro atoms. The van der Waals surface area contributed by atoms with E-state index >= 15 is 0 Å². The summed E-state index contributed by atoms with van der Waals surface area (Å²) in [7, 11) is 1.99. The largest absolute Gasteiger partial charge is 0.363 e. The smallest absolute Gasteiger partial charge is 0.138 e. The molecule has 1 aromatic carbocycles. The first-order valence-corrected chi connectivity index (χ1v) is 7.71. The summed E-state index contributed by atoms with van der Waals surface area (Å²) in [6, 6.07) is 6.45. The first-order chi connectivity index (χ1) is 10.7. The summed E-state index contributed by atoms with van der Waals surface area (Å²) in [5, 5.41) is 9.31. The second kappa shape index (κ2) is 5.09. The van der Waals surface area contributed by atoms with Gasteiger partial charge in [-0.2, -0.15) is 5.10 Å². The maximum Gasteiger partial charge on any atom is 0.138 e. The standard InChI is InChI=1S/C17H19N5/c1-11-5-3-8-15-16(11)17(19-10-18-15)20-13-6-4-7-14-12(13)9-22(2)21-14/h3,5,8-10,13H,4,6-7H2,1-2H3,(H,18,19,20)/t13-/m0/s1. The minimum atomic E-state index is 0.273. The molecule has 0 aliphatic heterocycles. The first kappa shape index (κ1) is 13.2. The molecule has 0 amide bonds. The molecule has 0 saturated carbocycles. The summed E-state index contributed by atoms with van der Waals surface area (Å²) in [6.07, 6.45) is 7.09. The maximum atomic E-state index is 4.57. The van der Waals surface area contributed by atoms with Crippen LogP contribution in [0.1, 0.15) is 35.7 Å². The van der Waals surface area contributed by atoms with Gasteiger partial charge in [0.2, 0.25) is 0 Å². The molecule has 5 heteroatoms. The Morgan fingerprint density at radius 1 is 1.27 bits per heavy atom. The van der Waals surface area contributed by atoms with Gasteiger partial charge in [0, 0.05) is 24.2 Å². The average Bonchev–Trinajstić information content (AvgIpc) is 2.89. The predicted octanol–water partition coefficient (Wildman–Crippen LogP) is 3.16. The lowest BCUT2D eigenvalue weighted by Gasteiger charge is -2.24. The molecular formula is C17H19N5. The van der Waals surface area contributed by atoms with Crippen molar-refractivity contribution in [2.45, 2.75) is 32.2 Å². The molecule has 4 rings (SSSR count). The highest BCUT2D eigenvalue weighted by molar-refractivity contribution is 5.91. The van der Waals surface area contributed by atoms with Crippen molar-refractivity contribution in [2.75, 3.05) is 5.32 Å². The number of nitrogens with zero attached hydrogens (tertiary/aromatic N) is 4. The molecule has 1 N–H and O–H groups in total. The van der Waals surface area contributed by atoms with Crippen LogP contribution in [0.15, 0.2) is 30.7 Å². The quantitative estimate of drug-likeness (QED) is 0.788. The average molecular weight is 293 g/mol. The van der Waals surface area contributed by atoms with Crippen molar-refractivity contribution in [3.8, 4) is 0 Å². The van der Waals surface area contributed by atoms with Crippen LogP contribution in [0.4, 0.5) is 5.82 Å². The lowest BCUT2D eigenvalue weighted by molar-refractivity contribution is 0.592. The Bertz CT molecular complexity index is 831. The SMILES string of the molecule is Cc1cccc2ncnc(N[C@H]3CCCc4nn(C)cc43)c12. The molecule has 1 aliphatic rings. The van der Waals surface area contributed by atoms with Crippen LogP contribution < -0.4 is 5.32 Å². The van der Waals surface area contributed by atoms with Crippen molar-refractivity contribution in [1.82, 2.24) is 19.7 Å². The maximum absolute atomic E-state index is 4.57. The Morgan fingerprint density at radius 2 is 2.18 bits per heavy atom. The summed E-state index contributed by atoms with van der Waals surface area (Å²) >= 11 is 0. The molecule has 0 bridgehead atoms. The molecule has 1 aliphatic carbocycles. The van der Waals surface area contributed by atoms with Crippen LogP contribution in [0.5, 0.6) is 0 Å². The van der Waals surface area contributed by atoms with E-state index < -0.39 is 0 Å². The minimum absolute atomic E-state index is 0.273. The van der Waals surface area contributed by atoms with E-state index in [1.807, 2.05) is 23.9 Å². The highest BCUT2D eigenvalue weighted by Gasteiger charge is 2.24. The third-order valence-electron chi connectivity index (χ3n) is 4.40. The monoisotopic (exact) mass is 293 g/mol. The fourth-order valence-electron chi connectivity index (χ4n) is 3.37. The van der Waals surface area contributed by atoms with Crippen molar-refractivity contribution in [2.24, 2.45) is 7.05 Å². The highest BCUT2D eigenvalue weighted by atomic mass is 15.3. The summed E-state index contributed by atoms with van der Waals surface area (Å²) < 4.78 is 1.91. The summed E-state index contributed by atoms with van der Waals surface area (Å²) in [4.78, 5) is 8.87.